The zero-order valence-corrected chi connectivity index (χ0v) is 12.8. The van der Waals surface area contributed by atoms with E-state index in [9.17, 15) is 4.79 Å². The Morgan fingerprint density at radius 3 is 2.57 bits per heavy atom. The van der Waals surface area contributed by atoms with Crippen LogP contribution in [0.1, 0.15) is 30.4 Å². The normalized spacial score (nSPS) is 12.3. The van der Waals surface area contributed by atoms with Crippen molar-refractivity contribution in [3.63, 3.8) is 0 Å². The molecule has 0 spiro atoms. The quantitative estimate of drug-likeness (QED) is 0.611. The second-order valence-corrected chi connectivity index (χ2v) is 4.94. The average molecular weight is 295 g/mol. The smallest absolute Gasteiger partial charge is 0.310 e. The van der Waals surface area contributed by atoms with E-state index in [4.69, 9.17) is 14.6 Å². The molecule has 0 heterocycles. The molecule has 1 rings (SSSR count). The van der Waals surface area contributed by atoms with Crippen LogP contribution in [0.3, 0.4) is 0 Å². The van der Waals surface area contributed by atoms with Gasteiger partial charge in [0.15, 0.2) is 0 Å². The van der Waals surface area contributed by atoms with Crippen LogP contribution in [0.15, 0.2) is 24.3 Å². The van der Waals surface area contributed by atoms with Crippen LogP contribution < -0.4 is 5.32 Å². The fraction of sp³-hybridized carbons (Fsp3) is 0.562. The molecule has 1 atom stereocenters. The number of benzene rings is 1. The summed E-state index contributed by atoms with van der Waals surface area (Å²) in [6.45, 7) is 5.36. The number of carbonyl (C=O) groups is 1. The van der Waals surface area contributed by atoms with Crippen molar-refractivity contribution < 1.29 is 19.4 Å². The maximum atomic E-state index is 10.9. The van der Waals surface area contributed by atoms with E-state index in [1.807, 2.05) is 24.3 Å². The van der Waals surface area contributed by atoms with Crippen LogP contribution in [-0.4, -0.2) is 44.6 Å². The highest BCUT2D eigenvalue weighted by atomic mass is 16.5. The molecule has 0 aliphatic carbocycles. The predicted octanol–water partition coefficient (Wildman–Crippen LogP) is 2.02. The molecule has 0 radical (unpaired) electrons. The second kappa shape index (κ2) is 10.3. The maximum Gasteiger partial charge on any atom is 0.310 e. The molecule has 0 aromatic heterocycles. The predicted molar refractivity (Wildman–Crippen MR) is 81.5 cm³/mol. The van der Waals surface area contributed by atoms with Crippen molar-refractivity contribution in [1.29, 1.82) is 0 Å². The number of carboxylic acid groups (broad SMARTS) is 1. The highest BCUT2D eigenvalue weighted by molar-refractivity contribution is 5.75. The lowest BCUT2D eigenvalue weighted by Gasteiger charge is -2.09. The number of rotatable bonds is 11. The number of ether oxygens (including phenoxy) is 2. The SMILES string of the molecule is COCCOCCCNCc1ccc(C(C)C(=O)O)cc1. The third-order valence-corrected chi connectivity index (χ3v) is 3.25. The summed E-state index contributed by atoms with van der Waals surface area (Å²) >= 11 is 0. The fourth-order valence-corrected chi connectivity index (χ4v) is 1.84. The van der Waals surface area contributed by atoms with Crippen molar-refractivity contribution in [3.8, 4) is 0 Å². The number of aliphatic carboxylic acids is 1. The van der Waals surface area contributed by atoms with Gasteiger partial charge in [-0.3, -0.25) is 4.79 Å². The molecule has 0 saturated heterocycles. The van der Waals surface area contributed by atoms with Gasteiger partial charge in [-0.1, -0.05) is 24.3 Å². The first-order valence-electron chi connectivity index (χ1n) is 7.24. The van der Waals surface area contributed by atoms with Crippen molar-refractivity contribution in [2.45, 2.75) is 25.8 Å². The highest BCUT2D eigenvalue weighted by Gasteiger charge is 2.12. The van der Waals surface area contributed by atoms with E-state index in [-0.39, 0.29) is 0 Å². The van der Waals surface area contributed by atoms with Gasteiger partial charge in [0.2, 0.25) is 0 Å². The van der Waals surface area contributed by atoms with Gasteiger partial charge in [-0.2, -0.15) is 0 Å². The molecule has 0 amide bonds. The third-order valence-electron chi connectivity index (χ3n) is 3.25. The Labute approximate surface area is 126 Å². The number of nitrogens with one attached hydrogen (secondary N) is 1. The lowest BCUT2D eigenvalue weighted by molar-refractivity contribution is -0.138. The lowest BCUT2D eigenvalue weighted by Crippen LogP contribution is -2.17. The van der Waals surface area contributed by atoms with Crippen LogP contribution in [0, 0.1) is 0 Å². The van der Waals surface area contributed by atoms with Gasteiger partial charge >= 0.3 is 5.97 Å². The van der Waals surface area contributed by atoms with Gasteiger partial charge in [0.25, 0.3) is 0 Å². The Kier molecular flexibility index (Phi) is 8.66. The summed E-state index contributed by atoms with van der Waals surface area (Å²) in [4.78, 5) is 10.9. The van der Waals surface area contributed by atoms with Gasteiger partial charge in [0, 0.05) is 20.3 Å². The van der Waals surface area contributed by atoms with Gasteiger partial charge in [0.1, 0.15) is 0 Å². The molecule has 1 aromatic carbocycles. The molecule has 118 valence electrons. The summed E-state index contributed by atoms with van der Waals surface area (Å²) in [6.07, 6.45) is 0.956. The lowest BCUT2D eigenvalue weighted by atomic mass is 10.0. The van der Waals surface area contributed by atoms with E-state index < -0.39 is 11.9 Å². The molecule has 5 heteroatoms. The molecular formula is C16H25NO4. The molecule has 0 fully saturated rings. The number of carboxylic acids is 1. The minimum atomic E-state index is -0.797. The summed E-state index contributed by atoms with van der Waals surface area (Å²) in [5, 5.41) is 12.3. The van der Waals surface area contributed by atoms with Crippen LogP contribution in [0.25, 0.3) is 0 Å². The highest BCUT2D eigenvalue weighted by Crippen LogP contribution is 2.15. The summed E-state index contributed by atoms with van der Waals surface area (Å²) in [5.74, 6) is -1.26. The fourth-order valence-electron chi connectivity index (χ4n) is 1.84. The summed E-state index contributed by atoms with van der Waals surface area (Å²) in [7, 11) is 1.66. The number of methoxy groups -OCH3 is 1. The van der Waals surface area contributed by atoms with Crippen molar-refractivity contribution in [1.82, 2.24) is 5.32 Å². The van der Waals surface area contributed by atoms with Gasteiger partial charge < -0.3 is 19.9 Å². The summed E-state index contributed by atoms with van der Waals surface area (Å²) in [5.41, 5.74) is 1.98. The van der Waals surface area contributed by atoms with Crippen molar-refractivity contribution in [2.24, 2.45) is 0 Å². The largest absolute Gasteiger partial charge is 0.481 e. The van der Waals surface area contributed by atoms with E-state index in [0.29, 0.717) is 13.2 Å². The molecule has 1 unspecified atom stereocenters. The molecule has 1 aromatic rings. The number of hydrogen-bond donors (Lipinski definition) is 2. The molecule has 21 heavy (non-hydrogen) atoms. The third kappa shape index (κ3) is 7.22. The maximum absolute atomic E-state index is 10.9. The topological polar surface area (TPSA) is 67.8 Å². The first-order chi connectivity index (χ1) is 10.1. The van der Waals surface area contributed by atoms with Gasteiger partial charge in [-0.15, -0.1) is 0 Å². The van der Waals surface area contributed by atoms with E-state index in [2.05, 4.69) is 5.32 Å². The summed E-state index contributed by atoms with van der Waals surface area (Å²) in [6, 6.07) is 7.70. The first kappa shape index (κ1) is 17.6. The van der Waals surface area contributed by atoms with Gasteiger partial charge in [0.05, 0.1) is 19.1 Å². The average Bonchev–Trinajstić information content (AvgIpc) is 2.49. The monoisotopic (exact) mass is 295 g/mol. The molecule has 0 bridgehead atoms. The van der Waals surface area contributed by atoms with E-state index in [1.165, 1.54) is 0 Å². The Bertz CT molecular complexity index is 405. The molecular weight excluding hydrogens is 270 g/mol. The van der Waals surface area contributed by atoms with Gasteiger partial charge in [-0.25, -0.2) is 0 Å². The zero-order valence-electron chi connectivity index (χ0n) is 12.8. The Hall–Kier alpha value is -1.43. The second-order valence-electron chi connectivity index (χ2n) is 4.94. The standard InChI is InChI=1S/C16H25NO4/c1-13(16(18)19)15-6-4-14(5-7-15)12-17-8-3-9-21-11-10-20-2/h4-7,13,17H,3,8-12H2,1-2H3,(H,18,19). The Morgan fingerprint density at radius 2 is 1.95 bits per heavy atom. The van der Waals surface area contributed by atoms with Crippen LogP contribution in [0.2, 0.25) is 0 Å². The molecule has 5 nitrogen and oxygen atoms in total. The Morgan fingerprint density at radius 1 is 1.24 bits per heavy atom. The molecule has 2 N–H and O–H groups in total. The van der Waals surface area contributed by atoms with E-state index >= 15 is 0 Å². The van der Waals surface area contributed by atoms with Crippen molar-refractivity contribution in [2.75, 3.05) is 33.5 Å². The van der Waals surface area contributed by atoms with Crippen LogP contribution in [0.4, 0.5) is 0 Å². The molecule has 0 saturated carbocycles. The minimum Gasteiger partial charge on any atom is -0.481 e. The van der Waals surface area contributed by atoms with Crippen molar-refractivity contribution in [3.05, 3.63) is 35.4 Å². The van der Waals surface area contributed by atoms with Gasteiger partial charge in [-0.05, 0) is 31.0 Å². The Balaban J connectivity index is 2.17. The van der Waals surface area contributed by atoms with E-state index in [1.54, 1.807) is 14.0 Å². The first-order valence-corrected chi connectivity index (χ1v) is 7.24. The van der Waals surface area contributed by atoms with Crippen molar-refractivity contribution >= 4 is 5.97 Å². The van der Waals surface area contributed by atoms with E-state index in [0.717, 1.165) is 37.2 Å². The van der Waals surface area contributed by atoms with Crippen LogP contribution in [0.5, 0.6) is 0 Å². The molecule has 0 aliphatic rings. The van der Waals surface area contributed by atoms with Crippen LogP contribution in [-0.2, 0) is 20.8 Å². The summed E-state index contributed by atoms with van der Waals surface area (Å²) < 4.78 is 10.3. The minimum absolute atomic E-state index is 0.462. The number of hydrogen-bond acceptors (Lipinski definition) is 4. The molecule has 0 aliphatic heterocycles. The van der Waals surface area contributed by atoms with Crippen LogP contribution >= 0.6 is 0 Å². The zero-order chi connectivity index (χ0) is 15.5.